The molecule has 0 radical (unpaired) electrons. The van der Waals surface area contributed by atoms with E-state index in [9.17, 15) is 0 Å². The summed E-state index contributed by atoms with van der Waals surface area (Å²) in [6.07, 6.45) is 9.43. The van der Waals surface area contributed by atoms with E-state index in [0.29, 0.717) is 0 Å². The first-order valence-electron chi connectivity index (χ1n) is 6.94. The van der Waals surface area contributed by atoms with Gasteiger partial charge in [-0.05, 0) is 42.7 Å². The lowest BCUT2D eigenvalue weighted by atomic mass is 9.88. The Morgan fingerprint density at radius 1 is 1.28 bits per heavy atom. The molecule has 0 unspecified atom stereocenters. The fourth-order valence-corrected chi connectivity index (χ4v) is 2.26. The van der Waals surface area contributed by atoms with E-state index in [1.807, 2.05) is 6.20 Å². The lowest BCUT2D eigenvalue weighted by Gasteiger charge is -2.18. The van der Waals surface area contributed by atoms with E-state index in [4.69, 9.17) is 0 Å². The lowest BCUT2D eigenvalue weighted by Crippen LogP contribution is -2.12. The second-order valence-corrected chi connectivity index (χ2v) is 6.11. The van der Waals surface area contributed by atoms with Gasteiger partial charge in [-0.3, -0.25) is 0 Å². The second kappa shape index (κ2) is 5.55. The molecule has 1 N–H and O–H groups in total. The highest BCUT2D eigenvalue weighted by Crippen LogP contribution is 2.22. The van der Waals surface area contributed by atoms with Crippen LogP contribution in [0.3, 0.4) is 0 Å². The summed E-state index contributed by atoms with van der Waals surface area (Å²) in [6.45, 7) is 7.63. The average Bonchev–Trinajstić information content (AvgIpc) is 2.82. The maximum atomic E-state index is 4.48. The minimum Gasteiger partial charge on any atom is -0.370 e. The zero-order chi connectivity index (χ0) is 13.0. The van der Waals surface area contributed by atoms with Crippen LogP contribution >= 0.6 is 0 Å². The molecular weight excluding hydrogens is 220 g/mol. The van der Waals surface area contributed by atoms with Gasteiger partial charge in [0.05, 0.1) is 0 Å². The molecule has 1 heterocycles. The van der Waals surface area contributed by atoms with Crippen LogP contribution in [0.5, 0.6) is 0 Å². The van der Waals surface area contributed by atoms with Gasteiger partial charge in [-0.15, -0.1) is 0 Å². The average molecular weight is 244 g/mol. The third kappa shape index (κ3) is 3.59. The van der Waals surface area contributed by atoms with Gasteiger partial charge in [0.25, 0.3) is 0 Å². The van der Waals surface area contributed by atoms with Crippen molar-refractivity contribution in [2.24, 2.45) is 0 Å². The summed E-state index contributed by atoms with van der Waals surface area (Å²) in [5.74, 6) is 0.988. The van der Waals surface area contributed by atoms with E-state index >= 15 is 0 Å². The molecule has 0 saturated carbocycles. The van der Waals surface area contributed by atoms with Gasteiger partial charge < -0.3 is 5.32 Å². The molecule has 2 heteroatoms. The summed E-state index contributed by atoms with van der Waals surface area (Å²) in [4.78, 5) is 4.48. The molecule has 1 aromatic rings. The van der Waals surface area contributed by atoms with E-state index in [1.54, 1.807) is 5.57 Å². The van der Waals surface area contributed by atoms with Crippen molar-refractivity contribution in [1.29, 1.82) is 0 Å². The van der Waals surface area contributed by atoms with Crippen LogP contribution in [0, 0.1) is 0 Å². The molecule has 0 aliphatic heterocycles. The largest absolute Gasteiger partial charge is 0.370 e. The highest BCUT2D eigenvalue weighted by Gasteiger charge is 2.13. The molecule has 1 aliphatic carbocycles. The monoisotopic (exact) mass is 244 g/mol. The first-order chi connectivity index (χ1) is 8.55. The third-order valence-electron chi connectivity index (χ3n) is 3.52. The maximum absolute atomic E-state index is 4.48. The van der Waals surface area contributed by atoms with Gasteiger partial charge in [-0.2, -0.15) is 0 Å². The quantitative estimate of drug-likeness (QED) is 0.799. The molecule has 0 saturated heterocycles. The van der Waals surface area contributed by atoms with E-state index < -0.39 is 0 Å². The van der Waals surface area contributed by atoms with Gasteiger partial charge in [0.1, 0.15) is 5.82 Å². The number of aromatic nitrogens is 1. The standard InChI is InChI=1S/C16H24N2/c1-16(2,3)14-8-9-15(18-12-14)17-11-10-13-6-4-5-7-13/h6,8-9,12H,4-5,7,10-11H2,1-3H3,(H,17,18). The van der Waals surface area contributed by atoms with Crippen LogP contribution in [-0.2, 0) is 5.41 Å². The van der Waals surface area contributed by atoms with Crippen LogP contribution in [0.15, 0.2) is 30.0 Å². The third-order valence-corrected chi connectivity index (χ3v) is 3.52. The summed E-state index contributed by atoms with van der Waals surface area (Å²) in [5.41, 5.74) is 3.07. The van der Waals surface area contributed by atoms with E-state index in [-0.39, 0.29) is 5.41 Å². The number of nitrogens with zero attached hydrogens (tertiary/aromatic N) is 1. The van der Waals surface area contributed by atoms with Crippen LogP contribution in [0.25, 0.3) is 0 Å². The van der Waals surface area contributed by atoms with E-state index in [0.717, 1.165) is 18.8 Å². The molecule has 0 fully saturated rings. The van der Waals surface area contributed by atoms with Gasteiger partial charge in [0, 0.05) is 12.7 Å². The van der Waals surface area contributed by atoms with Crippen molar-refractivity contribution in [2.75, 3.05) is 11.9 Å². The first-order valence-corrected chi connectivity index (χ1v) is 6.94. The fraction of sp³-hybridized carbons (Fsp3) is 0.562. The summed E-state index contributed by atoms with van der Waals surface area (Å²) < 4.78 is 0. The number of pyridine rings is 1. The molecular formula is C16H24N2. The van der Waals surface area contributed by atoms with Crippen molar-refractivity contribution in [3.05, 3.63) is 35.5 Å². The van der Waals surface area contributed by atoms with Gasteiger partial charge in [0.15, 0.2) is 0 Å². The summed E-state index contributed by atoms with van der Waals surface area (Å²) in [6, 6.07) is 4.26. The van der Waals surface area contributed by atoms with Gasteiger partial charge in [-0.1, -0.05) is 38.5 Å². The Kier molecular flexibility index (Phi) is 4.05. The van der Waals surface area contributed by atoms with Crippen molar-refractivity contribution in [3.8, 4) is 0 Å². The van der Waals surface area contributed by atoms with Crippen molar-refractivity contribution >= 4 is 5.82 Å². The van der Waals surface area contributed by atoms with Crippen LogP contribution in [0.4, 0.5) is 5.82 Å². The summed E-state index contributed by atoms with van der Waals surface area (Å²) in [5, 5.41) is 3.40. The summed E-state index contributed by atoms with van der Waals surface area (Å²) in [7, 11) is 0. The Balaban J connectivity index is 1.83. The summed E-state index contributed by atoms with van der Waals surface area (Å²) >= 11 is 0. The Bertz CT molecular complexity index is 410. The lowest BCUT2D eigenvalue weighted by molar-refractivity contribution is 0.587. The van der Waals surface area contributed by atoms with E-state index in [1.165, 1.54) is 24.8 Å². The van der Waals surface area contributed by atoms with Crippen molar-refractivity contribution < 1.29 is 0 Å². The highest BCUT2D eigenvalue weighted by molar-refractivity contribution is 5.37. The number of rotatable bonds is 4. The number of anilines is 1. The maximum Gasteiger partial charge on any atom is 0.125 e. The second-order valence-electron chi connectivity index (χ2n) is 6.11. The van der Waals surface area contributed by atoms with Gasteiger partial charge in [-0.25, -0.2) is 4.98 Å². The zero-order valence-electron chi connectivity index (χ0n) is 11.8. The predicted molar refractivity (Wildman–Crippen MR) is 78.0 cm³/mol. The molecule has 0 bridgehead atoms. The number of allylic oxidation sites excluding steroid dienone is 1. The van der Waals surface area contributed by atoms with Crippen molar-refractivity contribution in [3.63, 3.8) is 0 Å². The van der Waals surface area contributed by atoms with Crippen LogP contribution in [0.1, 0.15) is 52.0 Å². The molecule has 0 atom stereocenters. The molecule has 2 rings (SSSR count). The molecule has 1 aliphatic rings. The normalized spacial score (nSPS) is 15.6. The van der Waals surface area contributed by atoms with Crippen LogP contribution in [-0.4, -0.2) is 11.5 Å². The molecule has 1 aromatic heterocycles. The topological polar surface area (TPSA) is 24.9 Å². The zero-order valence-corrected chi connectivity index (χ0v) is 11.8. The Morgan fingerprint density at radius 2 is 2.11 bits per heavy atom. The number of nitrogens with one attached hydrogen (secondary N) is 1. The smallest absolute Gasteiger partial charge is 0.125 e. The number of hydrogen-bond acceptors (Lipinski definition) is 2. The Hall–Kier alpha value is -1.31. The number of hydrogen-bond donors (Lipinski definition) is 1. The molecule has 2 nitrogen and oxygen atoms in total. The first kappa shape index (κ1) is 13.1. The van der Waals surface area contributed by atoms with Crippen LogP contribution < -0.4 is 5.32 Å². The molecule has 0 spiro atoms. The molecule has 0 amide bonds. The minimum atomic E-state index is 0.181. The minimum absolute atomic E-state index is 0.181. The van der Waals surface area contributed by atoms with Crippen molar-refractivity contribution in [1.82, 2.24) is 4.98 Å². The predicted octanol–water partition coefficient (Wildman–Crippen LogP) is 4.29. The molecule has 0 aromatic carbocycles. The Morgan fingerprint density at radius 3 is 2.67 bits per heavy atom. The van der Waals surface area contributed by atoms with Gasteiger partial charge in [0.2, 0.25) is 0 Å². The fourth-order valence-electron chi connectivity index (χ4n) is 2.26. The van der Waals surface area contributed by atoms with Gasteiger partial charge >= 0.3 is 0 Å². The highest BCUT2D eigenvalue weighted by atomic mass is 15.0. The van der Waals surface area contributed by atoms with E-state index in [2.05, 4.69) is 49.3 Å². The molecule has 98 valence electrons. The SMILES string of the molecule is CC(C)(C)c1ccc(NCCC2=CCCC2)nc1. The molecule has 18 heavy (non-hydrogen) atoms. The van der Waals surface area contributed by atoms with Crippen LogP contribution in [0.2, 0.25) is 0 Å². The van der Waals surface area contributed by atoms with Crippen molar-refractivity contribution in [2.45, 2.75) is 51.9 Å². The Labute approximate surface area is 111 Å².